The van der Waals surface area contributed by atoms with E-state index in [0.29, 0.717) is 4.48 Å². The predicted molar refractivity (Wildman–Crippen MR) is 69.8 cm³/mol. The van der Waals surface area contributed by atoms with E-state index in [1.54, 1.807) is 0 Å². The predicted octanol–water partition coefficient (Wildman–Crippen LogP) is 2.24. The maximum absolute atomic E-state index is 12.4. The summed E-state index contributed by atoms with van der Waals surface area (Å²) in [6, 6.07) is 15.7. The molecular weight excluding hydrogens is 212 g/mol. The van der Waals surface area contributed by atoms with Crippen LogP contribution in [0.4, 0.5) is 22.7 Å². The molecule has 0 bridgehead atoms. The van der Waals surface area contributed by atoms with Crippen molar-refractivity contribution < 1.29 is 5.06 Å². The zero-order valence-corrected chi connectivity index (χ0v) is 9.97. The van der Waals surface area contributed by atoms with E-state index >= 15 is 0 Å². The molecule has 0 unspecified atom stereocenters. The number of rotatable bonds is 0. The Kier molecular flexibility index (Phi) is 2.10. The molecule has 0 spiro atoms. The van der Waals surface area contributed by atoms with Gasteiger partial charge in [0, 0.05) is 24.3 Å². The molecule has 86 valence electrons. The van der Waals surface area contributed by atoms with Crippen molar-refractivity contribution in [2.24, 2.45) is 0 Å². The summed E-state index contributed by atoms with van der Waals surface area (Å²) in [7, 11) is 4.23. The summed E-state index contributed by atoms with van der Waals surface area (Å²) in [6.07, 6.45) is 0. The molecule has 0 amide bonds. The van der Waals surface area contributed by atoms with Crippen LogP contribution < -0.4 is 9.55 Å². The zero-order valence-electron chi connectivity index (χ0n) is 9.97. The van der Waals surface area contributed by atoms with Crippen LogP contribution in [-0.2, 0) is 0 Å². The Morgan fingerprint density at radius 3 is 1.71 bits per heavy atom. The molecule has 1 aliphatic rings. The number of nitrogens with zero attached hydrogens (tertiary/aromatic N) is 1. The summed E-state index contributed by atoms with van der Waals surface area (Å²) in [5, 5.41) is 12.5. The summed E-state index contributed by atoms with van der Waals surface area (Å²) in [5.74, 6) is 0. The van der Waals surface area contributed by atoms with E-state index < -0.39 is 0 Å². The minimum atomic E-state index is 0.133. The summed E-state index contributed by atoms with van der Waals surface area (Å²) in [4.78, 5) is 0. The lowest BCUT2D eigenvalue weighted by molar-refractivity contribution is -0.699. The molecule has 2 aromatic carbocycles. The van der Waals surface area contributed by atoms with E-state index in [2.05, 4.69) is 14.1 Å². The molecule has 0 saturated heterocycles. The highest BCUT2D eigenvalue weighted by Crippen LogP contribution is 2.42. The second-order valence-corrected chi connectivity index (χ2v) is 4.82. The number of hydrogen-bond donors (Lipinski definition) is 1. The van der Waals surface area contributed by atoms with E-state index in [4.69, 9.17) is 0 Å². The van der Waals surface area contributed by atoms with Gasteiger partial charge in [0.2, 0.25) is 0 Å². The van der Waals surface area contributed by atoms with E-state index in [-0.39, 0.29) is 5.06 Å². The van der Waals surface area contributed by atoms with Crippen LogP contribution >= 0.6 is 0 Å². The van der Waals surface area contributed by atoms with Crippen LogP contribution in [0, 0.1) is 5.21 Å². The van der Waals surface area contributed by atoms with Crippen LogP contribution in [0.3, 0.4) is 0 Å². The van der Waals surface area contributed by atoms with Crippen molar-refractivity contribution in [3.63, 3.8) is 0 Å². The van der Waals surface area contributed by atoms with Gasteiger partial charge in [0.1, 0.15) is 0 Å². The maximum Gasteiger partial charge on any atom is 0.199 e. The van der Waals surface area contributed by atoms with Gasteiger partial charge in [-0.15, -0.1) is 0 Å². The third kappa shape index (κ3) is 1.34. The second kappa shape index (κ2) is 3.40. The van der Waals surface area contributed by atoms with Gasteiger partial charge in [-0.3, -0.25) is 9.55 Å². The Morgan fingerprint density at radius 2 is 1.24 bits per heavy atom. The molecule has 1 N–H and O–H groups in total. The summed E-state index contributed by atoms with van der Waals surface area (Å²) in [5.41, 5.74) is 3.76. The second-order valence-electron chi connectivity index (χ2n) is 4.82. The Morgan fingerprint density at radius 1 is 0.824 bits per heavy atom. The Bertz CT molecular complexity index is 528. The van der Waals surface area contributed by atoms with Crippen molar-refractivity contribution >= 4 is 22.7 Å². The van der Waals surface area contributed by atoms with Gasteiger partial charge in [0.05, 0.1) is 14.1 Å². The normalized spacial score (nSPS) is 17.4. The maximum atomic E-state index is 12.4. The van der Waals surface area contributed by atoms with Crippen LogP contribution in [0.5, 0.6) is 0 Å². The first-order chi connectivity index (χ1) is 8.12. The molecule has 3 rings (SSSR count). The van der Waals surface area contributed by atoms with Crippen molar-refractivity contribution in [1.82, 2.24) is 4.48 Å². The molecule has 0 radical (unpaired) electrons. The molecule has 0 atom stereocenters. The summed E-state index contributed by atoms with van der Waals surface area (Å²) >= 11 is 0. The lowest BCUT2D eigenvalue weighted by Gasteiger charge is -2.38. The molecule has 0 fully saturated rings. The van der Waals surface area contributed by atoms with Crippen molar-refractivity contribution in [3.8, 4) is 0 Å². The van der Waals surface area contributed by atoms with Gasteiger partial charge in [-0.25, -0.2) is 0 Å². The zero-order chi connectivity index (χ0) is 12.0. The highest BCUT2D eigenvalue weighted by molar-refractivity contribution is 5.77. The smallest absolute Gasteiger partial charge is 0.199 e. The highest BCUT2D eigenvalue weighted by Gasteiger charge is 2.38. The van der Waals surface area contributed by atoms with Crippen LogP contribution in [0.2, 0.25) is 0 Å². The molecule has 2 aromatic rings. The summed E-state index contributed by atoms with van der Waals surface area (Å²) < 4.78 is 0.623. The fourth-order valence-electron chi connectivity index (χ4n) is 2.58. The number of benzene rings is 2. The van der Waals surface area contributed by atoms with Gasteiger partial charge in [0.15, 0.2) is 22.7 Å². The van der Waals surface area contributed by atoms with E-state index in [9.17, 15) is 5.21 Å². The van der Waals surface area contributed by atoms with Gasteiger partial charge in [0.25, 0.3) is 0 Å². The third-order valence-electron chi connectivity index (χ3n) is 3.50. The van der Waals surface area contributed by atoms with E-state index in [0.717, 1.165) is 22.7 Å². The first-order valence-corrected chi connectivity index (χ1v) is 5.70. The number of nitrogens with one attached hydrogen (secondary N) is 1. The molecule has 0 aromatic heterocycles. The Balaban J connectivity index is 2.34. The Hall–Kier alpha value is -1.68. The number of quaternary nitrogens is 2. The topological polar surface area (TPSA) is 27.5 Å². The lowest BCUT2D eigenvalue weighted by atomic mass is 10.1. The minimum absolute atomic E-state index is 0.133. The van der Waals surface area contributed by atoms with Crippen molar-refractivity contribution in [3.05, 3.63) is 53.7 Å². The van der Waals surface area contributed by atoms with Gasteiger partial charge >= 0.3 is 0 Å². The minimum Gasteiger partial charge on any atom is -0.623 e. The molecule has 3 nitrogen and oxygen atoms in total. The van der Waals surface area contributed by atoms with E-state index in [1.807, 2.05) is 48.5 Å². The standard InChI is InChI=1S/C14H15N2O/c1-16(2)13-9-5-3-7-11(13)15(17)12-8-4-6-10-14(12)16/h3-10,15H,1-2H3/q+1. The third-order valence-corrected chi connectivity index (χ3v) is 3.50. The molecule has 17 heavy (non-hydrogen) atoms. The fraction of sp³-hybridized carbons (Fsp3) is 0.143. The first-order valence-electron chi connectivity index (χ1n) is 5.70. The van der Waals surface area contributed by atoms with Gasteiger partial charge in [-0.1, -0.05) is 24.3 Å². The van der Waals surface area contributed by atoms with Gasteiger partial charge in [-0.2, -0.15) is 0 Å². The Labute approximate surface area is 101 Å². The number of fused-ring (bicyclic) bond motifs is 2. The average molecular weight is 227 g/mol. The highest BCUT2D eigenvalue weighted by atomic mass is 16.5. The number of hydrogen-bond acceptors (Lipinski definition) is 1. The van der Waals surface area contributed by atoms with Gasteiger partial charge in [-0.05, 0) is 0 Å². The van der Waals surface area contributed by atoms with Crippen LogP contribution in [0.1, 0.15) is 0 Å². The van der Waals surface area contributed by atoms with Gasteiger partial charge < -0.3 is 5.21 Å². The number of para-hydroxylation sites is 4. The lowest BCUT2D eigenvalue weighted by Crippen LogP contribution is -2.97. The van der Waals surface area contributed by atoms with Crippen molar-refractivity contribution in [2.75, 3.05) is 14.1 Å². The van der Waals surface area contributed by atoms with Crippen molar-refractivity contribution in [2.45, 2.75) is 0 Å². The van der Waals surface area contributed by atoms with Crippen LogP contribution in [0.25, 0.3) is 0 Å². The van der Waals surface area contributed by atoms with Crippen LogP contribution in [0.15, 0.2) is 48.5 Å². The molecule has 0 aliphatic carbocycles. The SMILES string of the molecule is C[N+]1(C)c2ccccc2[NH+]([O-])c2ccccc21. The first kappa shape index (κ1) is 10.5. The van der Waals surface area contributed by atoms with E-state index in [1.165, 1.54) is 0 Å². The average Bonchev–Trinajstić information content (AvgIpc) is 2.37. The van der Waals surface area contributed by atoms with Crippen LogP contribution in [-0.4, -0.2) is 14.1 Å². The molecule has 1 heterocycles. The fourth-order valence-corrected chi connectivity index (χ4v) is 2.58. The largest absolute Gasteiger partial charge is 0.623 e. The monoisotopic (exact) mass is 227 g/mol. The molecule has 1 aliphatic heterocycles. The van der Waals surface area contributed by atoms with Crippen molar-refractivity contribution in [1.29, 1.82) is 0 Å². The summed E-state index contributed by atoms with van der Waals surface area (Å²) in [6.45, 7) is 0. The molecular formula is C14H15N2O+. The molecule has 3 heteroatoms. The quantitative estimate of drug-likeness (QED) is 0.542. The molecule has 0 saturated carbocycles.